The van der Waals surface area contributed by atoms with E-state index in [0.29, 0.717) is 11.1 Å². The van der Waals surface area contributed by atoms with Gasteiger partial charge in [-0.1, -0.05) is 12.1 Å². The van der Waals surface area contributed by atoms with E-state index < -0.39 is 15.8 Å². The van der Waals surface area contributed by atoms with Crippen molar-refractivity contribution in [3.63, 3.8) is 0 Å². The smallest absolute Gasteiger partial charge is 0.293 e. The molecule has 0 atom stereocenters. The molecule has 0 saturated carbocycles. The highest BCUT2D eigenvalue weighted by Gasteiger charge is 2.20. The number of aryl methyl sites for hydroxylation is 2. The van der Waals surface area contributed by atoms with E-state index in [4.69, 9.17) is 0 Å². The van der Waals surface area contributed by atoms with E-state index in [1.807, 2.05) is 0 Å². The summed E-state index contributed by atoms with van der Waals surface area (Å²) in [5.74, 6) is -0.649. The summed E-state index contributed by atoms with van der Waals surface area (Å²) in [6.45, 7) is 3.36. The van der Waals surface area contributed by atoms with Crippen LogP contribution in [0.5, 0.6) is 0 Å². The van der Waals surface area contributed by atoms with Crippen LogP contribution in [0.1, 0.15) is 21.5 Å². The van der Waals surface area contributed by atoms with Gasteiger partial charge in [-0.05, 0) is 31.0 Å². The third-order valence-corrected chi connectivity index (χ3v) is 3.21. The molecule has 2 rings (SSSR count). The van der Waals surface area contributed by atoms with Crippen molar-refractivity contribution in [3.8, 4) is 0 Å². The molecule has 118 valence electrons. The highest BCUT2D eigenvalue weighted by Crippen LogP contribution is 2.30. The average Bonchev–Trinajstić information content (AvgIpc) is 2.49. The van der Waals surface area contributed by atoms with Gasteiger partial charge in [-0.3, -0.25) is 25.0 Å². The summed E-state index contributed by atoms with van der Waals surface area (Å²) >= 11 is 0. The predicted octanol–water partition coefficient (Wildman–Crippen LogP) is 3.37. The quantitative estimate of drug-likeness (QED) is 0.686. The van der Waals surface area contributed by atoms with Crippen molar-refractivity contribution < 1.29 is 14.6 Å². The Morgan fingerprint density at radius 1 is 1.04 bits per heavy atom. The molecule has 0 aliphatic rings. The summed E-state index contributed by atoms with van der Waals surface area (Å²) in [6, 6.07) is 8.22. The molecule has 2 aromatic rings. The Kier molecular flexibility index (Phi) is 4.35. The first kappa shape index (κ1) is 16.1. The molecule has 23 heavy (non-hydrogen) atoms. The Morgan fingerprint density at radius 3 is 2.35 bits per heavy atom. The number of carbonyl (C=O) groups excluding carboxylic acids is 1. The molecule has 0 saturated heterocycles. The first-order valence-corrected chi connectivity index (χ1v) is 6.61. The van der Waals surface area contributed by atoms with Gasteiger partial charge >= 0.3 is 0 Å². The Balaban J connectivity index is 2.39. The third-order valence-electron chi connectivity index (χ3n) is 3.21. The van der Waals surface area contributed by atoms with Gasteiger partial charge in [0.2, 0.25) is 0 Å². The number of benzene rings is 2. The number of amides is 1. The highest BCUT2D eigenvalue weighted by molar-refractivity contribution is 6.06. The van der Waals surface area contributed by atoms with Gasteiger partial charge in [0.25, 0.3) is 17.3 Å². The fourth-order valence-electron chi connectivity index (χ4n) is 2.20. The van der Waals surface area contributed by atoms with Crippen molar-refractivity contribution >= 4 is 23.0 Å². The highest BCUT2D eigenvalue weighted by atomic mass is 16.6. The van der Waals surface area contributed by atoms with Crippen LogP contribution in [-0.2, 0) is 0 Å². The molecule has 8 nitrogen and oxygen atoms in total. The van der Waals surface area contributed by atoms with E-state index in [1.165, 1.54) is 24.3 Å². The first-order valence-electron chi connectivity index (χ1n) is 6.61. The van der Waals surface area contributed by atoms with Crippen molar-refractivity contribution in [1.29, 1.82) is 0 Å². The zero-order valence-corrected chi connectivity index (χ0v) is 12.4. The molecule has 0 heterocycles. The second kappa shape index (κ2) is 6.22. The largest absolute Gasteiger partial charge is 0.316 e. The maximum Gasteiger partial charge on any atom is 0.293 e. The van der Waals surface area contributed by atoms with Gasteiger partial charge in [0.15, 0.2) is 0 Å². The van der Waals surface area contributed by atoms with Crippen molar-refractivity contribution in [2.24, 2.45) is 0 Å². The molecule has 0 aliphatic carbocycles. The minimum absolute atomic E-state index is 0.0495. The van der Waals surface area contributed by atoms with Crippen molar-refractivity contribution in [3.05, 3.63) is 73.3 Å². The fourth-order valence-corrected chi connectivity index (χ4v) is 2.20. The molecule has 0 unspecified atom stereocenters. The van der Waals surface area contributed by atoms with Crippen molar-refractivity contribution in [2.75, 3.05) is 5.32 Å². The lowest BCUT2D eigenvalue weighted by atomic mass is 10.1. The van der Waals surface area contributed by atoms with Crippen LogP contribution in [0.2, 0.25) is 0 Å². The number of nitro benzene ring substituents is 2. The first-order chi connectivity index (χ1) is 10.8. The van der Waals surface area contributed by atoms with Gasteiger partial charge < -0.3 is 5.32 Å². The molecule has 0 spiro atoms. The van der Waals surface area contributed by atoms with Gasteiger partial charge in [0, 0.05) is 23.8 Å². The number of carbonyl (C=O) groups is 1. The molecular weight excluding hydrogens is 302 g/mol. The summed E-state index contributed by atoms with van der Waals surface area (Å²) in [4.78, 5) is 33.0. The maximum absolute atomic E-state index is 12.2. The minimum Gasteiger partial charge on any atom is -0.316 e. The molecule has 2 aromatic carbocycles. The zero-order chi connectivity index (χ0) is 17.1. The molecule has 0 radical (unpaired) electrons. The second-order valence-electron chi connectivity index (χ2n) is 4.99. The fraction of sp³-hybridized carbons (Fsp3) is 0.133. The Labute approximate surface area is 131 Å². The lowest BCUT2D eigenvalue weighted by Gasteiger charge is -2.10. The predicted molar refractivity (Wildman–Crippen MR) is 83.6 cm³/mol. The number of rotatable bonds is 4. The molecule has 0 fully saturated rings. The van der Waals surface area contributed by atoms with Crippen molar-refractivity contribution in [2.45, 2.75) is 13.8 Å². The van der Waals surface area contributed by atoms with E-state index in [0.717, 1.165) is 6.07 Å². The summed E-state index contributed by atoms with van der Waals surface area (Å²) in [7, 11) is 0. The number of nitrogens with one attached hydrogen (secondary N) is 1. The standard InChI is InChI=1S/C15H13N3O5/c1-9-6-10(2)14(13(7-9)18(22)23)16-15(19)11-4-3-5-12(8-11)17(20)21/h3-8H,1-2H3,(H,16,19). The summed E-state index contributed by atoms with van der Waals surface area (Å²) < 4.78 is 0. The number of hydrogen-bond acceptors (Lipinski definition) is 5. The van der Waals surface area contributed by atoms with Crippen LogP contribution in [0.3, 0.4) is 0 Å². The molecule has 1 amide bonds. The van der Waals surface area contributed by atoms with E-state index in [1.54, 1.807) is 19.9 Å². The Bertz CT molecular complexity index is 817. The monoisotopic (exact) mass is 315 g/mol. The van der Waals surface area contributed by atoms with Crippen LogP contribution in [0.4, 0.5) is 17.1 Å². The molecular formula is C15H13N3O5. The molecule has 8 heteroatoms. The van der Waals surface area contributed by atoms with Gasteiger partial charge in [0.05, 0.1) is 9.85 Å². The maximum atomic E-state index is 12.2. The molecule has 0 aliphatic heterocycles. The molecule has 1 N–H and O–H groups in total. The van der Waals surface area contributed by atoms with E-state index in [9.17, 15) is 25.0 Å². The minimum atomic E-state index is -0.649. The van der Waals surface area contributed by atoms with E-state index in [2.05, 4.69) is 5.32 Å². The summed E-state index contributed by atoms with van der Waals surface area (Å²) in [5.41, 5.74) is 0.915. The number of non-ortho nitro benzene ring substituents is 1. The Hall–Kier alpha value is -3.29. The lowest BCUT2D eigenvalue weighted by molar-refractivity contribution is -0.384. The van der Waals surface area contributed by atoms with E-state index >= 15 is 0 Å². The number of anilines is 1. The van der Waals surface area contributed by atoms with Gasteiger partial charge in [-0.15, -0.1) is 0 Å². The van der Waals surface area contributed by atoms with Gasteiger partial charge in [0.1, 0.15) is 5.69 Å². The molecule has 0 aromatic heterocycles. The third kappa shape index (κ3) is 3.49. The topological polar surface area (TPSA) is 115 Å². The number of nitro groups is 2. The Morgan fingerprint density at radius 2 is 1.74 bits per heavy atom. The SMILES string of the molecule is Cc1cc(C)c(NC(=O)c2cccc([N+](=O)[O-])c2)c([N+](=O)[O-])c1. The van der Waals surface area contributed by atoms with Crippen LogP contribution >= 0.6 is 0 Å². The van der Waals surface area contributed by atoms with Gasteiger partial charge in [-0.25, -0.2) is 0 Å². The van der Waals surface area contributed by atoms with Crippen LogP contribution in [0.25, 0.3) is 0 Å². The lowest BCUT2D eigenvalue weighted by Crippen LogP contribution is -2.14. The normalized spacial score (nSPS) is 10.2. The van der Waals surface area contributed by atoms with Crippen molar-refractivity contribution in [1.82, 2.24) is 0 Å². The van der Waals surface area contributed by atoms with Gasteiger partial charge in [-0.2, -0.15) is 0 Å². The molecule has 0 bridgehead atoms. The summed E-state index contributed by atoms with van der Waals surface area (Å²) in [5, 5.41) is 24.4. The second-order valence-corrected chi connectivity index (χ2v) is 4.99. The average molecular weight is 315 g/mol. The number of hydrogen-bond donors (Lipinski definition) is 1. The van der Waals surface area contributed by atoms with Crippen LogP contribution in [-0.4, -0.2) is 15.8 Å². The van der Waals surface area contributed by atoms with Crippen LogP contribution in [0, 0.1) is 34.1 Å². The van der Waals surface area contributed by atoms with Crippen LogP contribution < -0.4 is 5.32 Å². The number of nitrogens with zero attached hydrogens (tertiary/aromatic N) is 2. The van der Waals surface area contributed by atoms with E-state index in [-0.39, 0.29) is 22.6 Å². The summed E-state index contributed by atoms with van der Waals surface area (Å²) in [6.07, 6.45) is 0. The van der Waals surface area contributed by atoms with Crippen LogP contribution in [0.15, 0.2) is 36.4 Å². The zero-order valence-electron chi connectivity index (χ0n) is 12.4.